The van der Waals surface area contributed by atoms with Crippen LogP contribution in [-0.2, 0) is 27.1 Å². The molecule has 0 radical (unpaired) electrons. The summed E-state index contributed by atoms with van der Waals surface area (Å²) in [5, 5.41) is -0.259. The SMILES string of the molecule is CC(C)(C)OC(=O)c1c(N=C=O)c2cc(C(F)(F)F)ccc2n1C(=O)OCc1ccccc1. The Kier molecular flexibility index (Phi) is 6.41. The number of ether oxygens (including phenoxy) is 2. The summed E-state index contributed by atoms with van der Waals surface area (Å²) in [6, 6.07) is 11.1. The van der Waals surface area contributed by atoms with E-state index in [2.05, 4.69) is 4.99 Å². The highest BCUT2D eigenvalue weighted by Crippen LogP contribution is 2.39. The number of esters is 1. The lowest BCUT2D eigenvalue weighted by atomic mass is 10.1. The molecule has 0 saturated carbocycles. The van der Waals surface area contributed by atoms with E-state index < -0.39 is 40.8 Å². The van der Waals surface area contributed by atoms with Crippen LogP contribution in [0.3, 0.4) is 0 Å². The smallest absolute Gasteiger partial charge is 0.419 e. The molecule has 33 heavy (non-hydrogen) atoms. The number of nitrogens with zero attached hydrogens (tertiary/aromatic N) is 2. The van der Waals surface area contributed by atoms with E-state index in [9.17, 15) is 27.6 Å². The number of carbonyl (C=O) groups excluding carboxylic acids is 3. The van der Waals surface area contributed by atoms with E-state index in [1.165, 1.54) is 6.08 Å². The van der Waals surface area contributed by atoms with Crippen molar-refractivity contribution in [1.82, 2.24) is 4.57 Å². The maximum atomic E-state index is 13.3. The van der Waals surface area contributed by atoms with Gasteiger partial charge in [-0.1, -0.05) is 30.3 Å². The number of rotatable bonds is 4. The van der Waals surface area contributed by atoms with Gasteiger partial charge in [-0.3, -0.25) is 0 Å². The Morgan fingerprint density at radius 2 is 1.73 bits per heavy atom. The maximum Gasteiger partial charge on any atom is 0.419 e. The predicted molar refractivity (Wildman–Crippen MR) is 112 cm³/mol. The molecule has 0 spiro atoms. The van der Waals surface area contributed by atoms with Crippen molar-refractivity contribution in [3.05, 3.63) is 65.4 Å². The van der Waals surface area contributed by atoms with Crippen LogP contribution in [-0.4, -0.2) is 28.3 Å². The number of hydrogen-bond donors (Lipinski definition) is 0. The van der Waals surface area contributed by atoms with Gasteiger partial charge in [-0.2, -0.15) is 18.2 Å². The lowest BCUT2D eigenvalue weighted by Crippen LogP contribution is -2.27. The van der Waals surface area contributed by atoms with E-state index in [0.29, 0.717) is 11.6 Å². The van der Waals surface area contributed by atoms with E-state index >= 15 is 0 Å². The summed E-state index contributed by atoms with van der Waals surface area (Å²) in [4.78, 5) is 40.4. The second-order valence-corrected chi connectivity index (χ2v) is 8.01. The first-order valence-electron chi connectivity index (χ1n) is 9.70. The van der Waals surface area contributed by atoms with Gasteiger partial charge in [0.25, 0.3) is 0 Å². The number of fused-ring (bicyclic) bond motifs is 1. The maximum absolute atomic E-state index is 13.3. The minimum atomic E-state index is -4.71. The summed E-state index contributed by atoms with van der Waals surface area (Å²) < 4.78 is 51.2. The minimum Gasteiger partial charge on any atom is -0.455 e. The number of alkyl halides is 3. The first kappa shape index (κ1) is 23.7. The van der Waals surface area contributed by atoms with Crippen LogP contribution >= 0.6 is 0 Å². The molecule has 0 N–H and O–H groups in total. The van der Waals surface area contributed by atoms with Crippen LogP contribution in [0.4, 0.5) is 23.7 Å². The number of aromatic nitrogens is 1. The average molecular weight is 460 g/mol. The number of hydrogen-bond acceptors (Lipinski definition) is 6. The van der Waals surface area contributed by atoms with Crippen LogP contribution in [0.2, 0.25) is 0 Å². The molecule has 10 heteroatoms. The van der Waals surface area contributed by atoms with Crippen LogP contribution in [0.5, 0.6) is 0 Å². The van der Waals surface area contributed by atoms with Gasteiger partial charge in [0.2, 0.25) is 6.08 Å². The summed E-state index contributed by atoms with van der Waals surface area (Å²) >= 11 is 0. The fraction of sp³-hybridized carbons (Fsp3) is 0.261. The molecule has 1 heterocycles. The Hall–Kier alpha value is -3.91. The Morgan fingerprint density at radius 1 is 1.06 bits per heavy atom. The number of benzene rings is 2. The van der Waals surface area contributed by atoms with Crippen molar-refractivity contribution in [2.75, 3.05) is 0 Å². The average Bonchev–Trinajstić information content (AvgIpc) is 3.05. The highest BCUT2D eigenvalue weighted by molar-refractivity contribution is 6.10. The van der Waals surface area contributed by atoms with Gasteiger partial charge in [0.15, 0.2) is 5.69 Å². The first-order chi connectivity index (χ1) is 15.4. The molecule has 0 unspecified atom stereocenters. The Bertz CT molecular complexity index is 1250. The van der Waals surface area contributed by atoms with Crippen molar-refractivity contribution < 1.29 is 37.0 Å². The molecule has 3 rings (SSSR count). The number of carbonyl (C=O) groups is 2. The standard InChI is InChI=1S/C23H19F3N2O5/c1-22(2,3)33-20(30)19-18(27-13-29)16-11-15(23(24,25)26)9-10-17(16)28(19)21(31)32-12-14-7-5-4-6-8-14/h4-11H,12H2,1-3H3. The zero-order valence-corrected chi connectivity index (χ0v) is 17.9. The molecule has 0 aliphatic carbocycles. The zero-order valence-electron chi connectivity index (χ0n) is 17.9. The third-order valence-corrected chi connectivity index (χ3v) is 4.41. The number of halogens is 3. The summed E-state index contributed by atoms with van der Waals surface area (Å²) in [6.45, 7) is 4.53. The van der Waals surface area contributed by atoms with E-state index in [4.69, 9.17) is 9.47 Å². The monoisotopic (exact) mass is 460 g/mol. The van der Waals surface area contributed by atoms with E-state index in [1.807, 2.05) is 0 Å². The summed E-state index contributed by atoms with van der Waals surface area (Å²) in [6.07, 6.45) is -4.55. The zero-order chi connectivity index (χ0) is 24.4. The van der Waals surface area contributed by atoms with Gasteiger partial charge in [0, 0.05) is 5.39 Å². The van der Waals surface area contributed by atoms with Crippen molar-refractivity contribution >= 4 is 34.7 Å². The second kappa shape index (κ2) is 8.91. The van der Waals surface area contributed by atoms with Crippen molar-refractivity contribution in [2.45, 2.75) is 39.2 Å². The molecule has 2 aromatic carbocycles. The molecule has 172 valence electrons. The predicted octanol–water partition coefficient (Wildman–Crippen LogP) is 5.77. The van der Waals surface area contributed by atoms with Crippen LogP contribution in [0.25, 0.3) is 10.9 Å². The van der Waals surface area contributed by atoms with Gasteiger partial charge in [-0.15, -0.1) is 0 Å². The van der Waals surface area contributed by atoms with E-state index in [0.717, 1.165) is 16.7 Å². The highest BCUT2D eigenvalue weighted by atomic mass is 19.4. The molecule has 0 atom stereocenters. The molecular weight excluding hydrogens is 441 g/mol. The Balaban J connectivity index is 2.21. The third kappa shape index (κ3) is 5.30. The molecule has 0 aliphatic rings. The normalized spacial score (nSPS) is 11.7. The second-order valence-electron chi connectivity index (χ2n) is 8.01. The van der Waals surface area contributed by atoms with Gasteiger partial charge in [-0.25, -0.2) is 19.0 Å². The van der Waals surface area contributed by atoms with Crippen LogP contribution < -0.4 is 0 Å². The molecule has 0 bridgehead atoms. The van der Waals surface area contributed by atoms with Gasteiger partial charge in [0.1, 0.15) is 17.9 Å². The number of isocyanates is 1. The lowest BCUT2D eigenvalue weighted by molar-refractivity contribution is -0.137. The van der Waals surface area contributed by atoms with Crippen molar-refractivity contribution in [1.29, 1.82) is 0 Å². The molecular formula is C23H19F3N2O5. The molecule has 0 saturated heterocycles. The van der Waals surface area contributed by atoms with Crippen molar-refractivity contribution in [3.63, 3.8) is 0 Å². The van der Waals surface area contributed by atoms with Crippen molar-refractivity contribution in [2.24, 2.45) is 4.99 Å². The molecule has 0 aliphatic heterocycles. The van der Waals surface area contributed by atoms with E-state index in [-0.39, 0.29) is 17.5 Å². The lowest BCUT2D eigenvalue weighted by Gasteiger charge is -2.20. The topological polar surface area (TPSA) is 87.0 Å². The van der Waals surface area contributed by atoms with Crippen LogP contribution in [0.15, 0.2) is 53.5 Å². The highest BCUT2D eigenvalue weighted by Gasteiger charge is 2.35. The third-order valence-electron chi connectivity index (χ3n) is 4.41. The summed E-state index contributed by atoms with van der Waals surface area (Å²) in [5.41, 5.74) is -2.55. The molecule has 7 nitrogen and oxygen atoms in total. The van der Waals surface area contributed by atoms with Gasteiger partial charge in [0.05, 0.1) is 11.1 Å². The summed E-state index contributed by atoms with van der Waals surface area (Å²) in [5.74, 6) is -1.07. The van der Waals surface area contributed by atoms with Crippen LogP contribution in [0.1, 0.15) is 42.4 Å². The Labute approximate surface area is 186 Å². The largest absolute Gasteiger partial charge is 0.455 e. The number of aliphatic imine (C=N–C) groups is 1. The first-order valence-corrected chi connectivity index (χ1v) is 9.70. The van der Waals surface area contributed by atoms with Gasteiger partial charge >= 0.3 is 18.2 Å². The molecule has 0 amide bonds. The minimum absolute atomic E-state index is 0.115. The summed E-state index contributed by atoms with van der Waals surface area (Å²) in [7, 11) is 0. The van der Waals surface area contributed by atoms with Crippen molar-refractivity contribution in [3.8, 4) is 0 Å². The Morgan fingerprint density at radius 3 is 2.30 bits per heavy atom. The van der Waals surface area contributed by atoms with Gasteiger partial charge in [-0.05, 0) is 44.5 Å². The molecule has 0 fully saturated rings. The molecule has 1 aromatic heterocycles. The van der Waals surface area contributed by atoms with E-state index in [1.54, 1.807) is 51.1 Å². The quantitative estimate of drug-likeness (QED) is 0.280. The fourth-order valence-electron chi connectivity index (χ4n) is 3.10. The molecule has 3 aromatic rings. The van der Waals surface area contributed by atoms with Gasteiger partial charge < -0.3 is 9.47 Å². The van der Waals surface area contributed by atoms with Crippen LogP contribution in [0, 0.1) is 0 Å². The fourth-order valence-corrected chi connectivity index (χ4v) is 3.10.